The Morgan fingerprint density at radius 2 is 1.76 bits per heavy atom. The third-order valence-corrected chi connectivity index (χ3v) is 7.89. The first kappa shape index (κ1) is 27.8. The Balaban J connectivity index is 1.63. The van der Waals surface area contributed by atoms with Gasteiger partial charge >= 0.3 is 5.97 Å². The van der Waals surface area contributed by atoms with Gasteiger partial charge in [-0.2, -0.15) is 0 Å². The standard InChI is InChI=1S/C31H40N2O5/c1-3-11-22-15-17-25-27(26(22)31(37)38-4-2)30(36)33(18-9-5-6-10-19-34)28(25)29(35)32-24-16-14-21-12-7-8-13-23(21)20-24/h7-8,12-17,20,22,25-28,34H,3-6,9-11,18-19H2,1-2H3,(H,32,35)/t22-,25+,26-,27+,28+/m1/s1. The maximum Gasteiger partial charge on any atom is 0.310 e. The number of hydrogen-bond donors (Lipinski definition) is 2. The Morgan fingerprint density at radius 3 is 2.50 bits per heavy atom. The average molecular weight is 521 g/mol. The molecule has 0 radical (unpaired) electrons. The van der Waals surface area contributed by atoms with Gasteiger partial charge in [0.1, 0.15) is 6.04 Å². The molecular weight excluding hydrogens is 480 g/mol. The van der Waals surface area contributed by atoms with Gasteiger partial charge in [0.15, 0.2) is 0 Å². The number of carbonyl (C=O) groups is 3. The van der Waals surface area contributed by atoms with Crippen LogP contribution >= 0.6 is 0 Å². The lowest BCUT2D eigenvalue weighted by Gasteiger charge is -2.33. The quantitative estimate of drug-likeness (QED) is 0.235. The summed E-state index contributed by atoms with van der Waals surface area (Å²) in [6.45, 7) is 4.68. The third kappa shape index (κ3) is 5.93. The number of amides is 2. The van der Waals surface area contributed by atoms with Gasteiger partial charge in [0.25, 0.3) is 0 Å². The van der Waals surface area contributed by atoms with Crippen LogP contribution in [0.1, 0.15) is 52.4 Å². The molecule has 2 aromatic carbocycles. The van der Waals surface area contributed by atoms with E-state index in [4.69, 9.17) is 9.84 Å². The van der Waals surface area contributed by atoms with Crippen LogP contribution in [0, 0.1) is 23.7 Å². The summed E-state index contributed by atoms with van der Waals surface area (Å²) in [5.74, 6) is -2.41. The van der Waals surface area contributed by atoms with Gasteiger partial charge in [-0.1, -0.05) is 68.7 Å². The fourth-order valence-electron chi connectivity index (χ4n) is 6.14. The van der Waals surface area contributed by atoms with Gasteiger partial charge < -0.3 is 20.1 Å². The number of nitrogens with zero attached hydrogens (tertiary/aromatic N) is 1. The number of aliphatic hydroxyl groups is 1. The van der Waals surface area contributed by atoms with Gasteiger partial charge in [0.2, 0.25) is 11.8 Å². The molecule has 0 bridgehead atoms. The molecule has 0 aromatic heterocycles. The number of carbonyl (C=O) groups excluding carboxylic acids is 3. The van der Waals surface area contributed by atoms with E-state index >= 15 is 0 Å². The Labute approximate surface area is 225 Å². The highest BCUT2D eigenvalue weighted by atomic mass is 16.5. The van der Waals surface area contributed by atoms with Crippen LogP contribution in [-0.2, 0) is 19.1 Å². The van der Waals surface area contributed by atoms with Crippen molar-refractivity contribution in [1.82, 2.24) is 4.90 Å². The van der Waals surface area contributed by atoms with E-state index in [0.717, 1.165) is 49.3 Å². The maximum atomic E-state index is 13.9. The number of nitrogens with one attached hydrogen (secondary N) is 1. The third-order valence-electron chi connectivity index (χ3n) is 7.89. The molecule has 38 heavy (non-hydrogen) atoms. The molecule has 0 spiro atoms. The Hall–Kier alpha value is -3.19. The second kappa shape index (κ2) is 13.1. The Bertz CT molecular complexity index is 1160. The highest BCUT2D eigenvalue weighted by Gasteiger charge is 2.57. The number of rotatable bonds is 12. The molecule has 4 rings (SSSR count). The molecule has 2 N–H and O–H groups in total. The van der Waals surface area contributed by atoms with Crippen molar-refractivity contribution in [2.24, 2.45) is 23.7 Å². The van der Waals surface area contributed by atoms with E-state index in [2.05, 4.69) is 12.2 Å². The smallest absolute Gasteiger partial charge is 0.310 e. The monoisotopic (exact) mass is 520 g/mol. The number of anilines is 1. The molecule has 7 nitrogen and oxygen atoms in total. The summed E-state index contributed by atoms with van der Waals surface area (Å²) in [6.07, 6.45) is 8.87. The fraction of sp³-hybridized carbons (Fsp3) is 0.516. The van der Waals surface area contributed by atoms with Crippen LogP contribution in [0.3, 0.4) is 0 Å². The lowest BCUT2D eigenvalue weighted by molar-refractivity contribution is -0.155. The van der Waals surface area contributed by atoms with Crippen LogP contribution in [0.2, 0.25) is 0 Å². The lowest BCUT2D eigenvalue weighted by atomic mass is 9.69. The molecule has 1 aliphatic heterocycles. The number of hydrogen-bond acceptors (Lipinski definition) is 5. The maximum absolute atomic E-state index is 13.9. The van der Waals surface area contributed by atoms with Crippen molar-refractivity contribution in [2.75, 3.05) is 25.1 Å². The van der Waals surface area contributed by atoms with E-state index in [1.165, 1.54) is 0 Å². The largest absolute Gasteiger partial charge is 0.466 e. The topological polar surface area (TPSA) is 95.9 Å². The highest BCUT2D eigenvalue weighted by Crippen LogP contribution is 2.46. The highest BCUT2D eigenvalue weighted by molar-refractivity contribution is 6.02. The fourth-order valence-corrected chi connectivity index (χ4v) is 6.14. The SMILES string of the molecule is CCC[C@@H]1C=C[C@H]2[C@H](C(=O)N(CCCCCCO)[C@@H]2C(=O)Nc2ccc3ccccc3c2)[C@@H]1C(=O)OCC. The zero-order valence-electron chi connectivity index (χ0n) is 22.5. The molecule has 5 atom stereocenters. The van der Waals surface area contributed by atoms with Gasteiger partial charge in [-0.3, -0.25) is 14.4 Å². The van der Waals surface area contributed by atoms with E-state index in [9.17, 15) is 14.4 Å². The van der Waals surface area contributed by atoms with Crippen molar-refractivity contribution in [3.63, 3.8) is 0 Å². The van der Waals surface area contributed by atoms with Crippen LogP contribution in [0.5, 0.6) is 0 Å². The number of unbranched alkanes of at least 4 members (excludes halogenated alkanes) is 3. The zero-order chi connectivity index (χ0) is 27.1. The van der Waals surface area contributed by atoms with Crippen LogP contribution in [0.4, 0.5) is 5.69 Å². The van der Waals surface area contributed by atoms with Crippen molar-refractivity contribution in [3.05, 3.63) is 54.6 Å². The van der Waals surface area contributed by atoms with Crippen LogP contribution in [0.15, 0.2) is 54.6 Å². The summed E-state index contributed by atoms with van der Waals surface area (Å²) in [6, 6.07) is 13.0. The summed E-state index contributed by atoms with van der Waals surface area (Å²) in [5.41, 5.74) is 0.679. The second-order valence-electron chi connectivity index (χ2n) is 10.4. The molecule has 2 amide bonds. The first-order valence-electron chi connectivity index (χ1n) is 14.1. The number of esters is 1. The van der Waals surface area contributed by atoms with Crippen molar-refractivity contribution < 1.29 is 24.2 Å². The minimum atomic E-state index is -0.701. The van der Waals surface area contributed by atoms with E-state index in [0.29, 0.717) is 12.2 Å². The first-order chi connectivity index (χ1) is 18.5. The number of ether oxygens (including phenoxy) is 1. The first-order valence-corrected chi connectivity index (χ1v) is 14.1. The van der Waals surface area contributed by atoms with Gasteiger partial charge in [-0.15, -0.1) is 0 Å². The van der Waals surface area contributed by atoms with Crippen molar-refractivity contribution in [3.8, 4) is 0 Å². The summed E-state index contributed by atoms with van der Waals surface area (Å²) in [5, 5.41) is 14.3. The molecule has 204 valence electrons. The van der Waals surface area contributed by atoms with Crippen LogP contribution in [0.25, 0.3) is 10.8 Å². The molecule has 1 saturated heterocycles. The summed E-state index contributed by atoms with van der Waals surface area (Å²) in [4.78, 5) is 42.6. The minimum absolute atomic E-state index is 0.0852. The van der Waals surface area contributed by atoms with Crippen molar-refractivity contribution >= 4 is 34.2 Å². The number of benzene rings is 2. The van der Waals surface area contributed by atoms with Crippen LogP contribution < -0.4 is 5.32 Å². The number of aliphatic hydroxyl groups excluding tert-OH is 1. The number of allylic oxidation sites excluding steroid dienone is 1. The molecule has 2 aromatic rings. The predicted molar refractivity (Wildman–Crippen MR) is 148 cm³/mol. The van der Waals surface area contributed by atoms with Crippen molar-refractivity contribution in [2.45, 2.75) is 58.4 Å². The van der Waals surface area contributed by atoms with Crippen molar-refractivity contribution in [1.29, 1.82) is 0 Å². The minimum Gasteiger partial charge on any atom is -0.466 e. The zero-order valence-corrected chi connectivity index (χ0v) is 22.5. The van der Waals surface area contributed by atoms with Gasteiger partial charge in [-0.05, 0) is 55.0 Å². The number of fused-ring (bicyclic) bond motifs is 2. The van der Waals surface area contributed by atoms with E-state index < -0.39 is 23.8 Å². The van der Waals surface area contributed by atoms with Crippen LogP contribution in [-0.4, -0.2) is 53.6 Å². The summed E-state index contributed by atoms with van der Waals surface area (Å²) < 4.78 is 5.44. The normalized spacial score (nSPS) is 24.4. The second-order valence-corrected chi connectivity index (χ2v) is 10.4. The van der Waals surface area contributed by atoms with Gasteiger partial charge in [-0.25, -0.2) is 0 Å². The molecular formula is C31H40N2O5. The Morgan fingerprint density at radius 1 is 1.00 bits per heavy atom. The van der Waals surface area contributed by atoms with Gasteiger partial charge in [0.05, 0.1) is 18.4 Å². The van der Waals surface area contributed by atoms with Gasteiger partial charge in [0, 0.05) is 24.8 Å². The number of likely N-dealkylation sites (tertiary alicyclic amines) is 1. The predicted octanol–water partition coefficient (Wildman–Crippen LogP) is 4.94. The van der Waals surface area contributed by atoms with E-state index in [1.54, 1.807) is 11.8 Å². The molecule has 2 aliphatic rings. The molecule has 7 heteroatoms. The average Bonchev–Trinajstić information content (AvgIpc) is 3.20. The lowest BCUT2D eigenvalue weighted by Crippen LogP contribution is -2.44. The summed E-state index contributed by atoms with van der Waals surface area (Å²) in [7, 11) is 0. The molecule has 1 heterocycles. The molecule has 0 saturated carbocycles. The molecule has 1 fully saturated rings. The van der Waals surface area contributed by atoms with E-state index in [1.807, 2.05) is 54.6 Å². The Kier molecular flexibility index (Phi) is 9.56. The summed E-state index contributed by atoms with van der Waals surface area (Å²) >= 11 is 0. The molecule has 1 aliphatic carbocycles. The molecule has 0 unspecified atom stereocenters. The van der Waals surface area contributed by atoms with E-state index in [-0.39, 0.29) is 36.9 Å².